The summed E-state index contributed by atoms with van der Waals surface area (Å²) in [5.74, 6) is 0.545. The normalized spacial score (nSPS) is 18.1. The third-order valence-electron chi connectivity index (χ3n) is 3.98. The highest BCUT2D eigenvalue weighted by Gasteiger charge is 2.25. The van der Waals surface area contributed by atoms with E-state index in [1.54, 1.807) is 7.11 Å². The van der Waals surface area contributed by atoms with Crippen LogP contribution in [0.5, 0.6) is 5.75 Å². The summed E-state index contributed by atoms with van der Waals surface area (Å²) in [4.78, 5) is 24.4. The molecule has 1 aromatic carbocycles. The summed E-state index contributed by atoms with van der Waals surface area (Å²) in [5.41, 5.74) is 6.20. The van der Waals surface area contributed by atoms with E-state index in [-0.39, 0.29) is 5.91 Å². The van der Waals surface area contributed by atoms with E-state index in [1.807, 2.05) is 12.1 Å². The zero-order valence-electron chi connectivity index (χ0n) is 12.9. The molecule has 1 heterocycles. The smallest absolute Gasteiger partial charge is 0.318 e. The molecule has 120 valence electrons. The number of ether oxygens (including phenoxy) is 1. The number of benzene rings is 1. The highest BCUT2D eigenvalue weighted by Crippen LogP contribution is 2.32. The van der Waals surface area contributed by atoms with Gasteiger partial charge in [-0.1, -0.05) is 12.1 Å². The van der Waals surface area contributed by atoms with Crippen molar-refractivity contribution in [2.24, 2.45) is 5.73 Å². The number of rotatable bonds is 6. The fourth-order valence-corrected chi connectivity index (χ4v) is 2.94. The molecule has 0 unspecified atom stereocenters. The highest BCUT2D eigenvalue weighted by atomic mass is 16.5. The fourth-order valence-electron chi connectivity index (χ4n) is 2.94. The number of amides is 3. The topological polar surface area (TPSA) is 84.7 Å². The summed E-state index contributed by atoms with van der Waals surface area (Å²) in [7, 11) is 1.66. The number of carbonyl (C=O) groups is 2. The number of likely N-dealkylation sites (tertiary alicyclic amines) is 1. The number of carbonyl (C=O) groups excluding carboxylic acids is 2. The van der Waals surface area contributed by atoms with E-state index in [0.717, 1.165) is 31.7 Å². The van der Waals surface area contributed by atoms with Crippen LogP contribution in [0.1, 0.15) is 37.3 Å². The first-order valence-electron chi connectivity index (χ1n) is 7.57. The lowest BCUT2D eigenvalue weighted by Crippen LogP contribution is -2.35. The van der Waals surface area contributed by atoms with Gasteiger partial charge in [0.25, 0.3) is 0 Å². The maximum atomic E-state index is 11.4. The van der Waals surface area contributed by atoms with Crippen molar-refractivity contribution >= 4 is 11.9 Å². The summed E-state index contributed by atoms with van der Waals surface area (Å²) in [6.45, 7) is 1.87. The third kappa shape index (κ3) is 4.46. The van der Waals surface area contributed by atoms with Crippen LogP contribution in [0, 0.1) is 0 Å². The Kier molecular flexibility index (Phi) is 5.77. The number of nitrogens with two attached hydrogens (primary N) is 1. The third-order valence-corrected chi connectivity index (χ3v) is 3.98. The Bertz CT molecular complexity index is 516. The Labute approximate surface area is 130 Å². The Morgan fingerprint density at radius 1 is 1.36 bits per heavy atom. The van der Waals surface area contributed by atoms with E-state index in [1.165, 1.54) is 5.56 Å². The van der Waals surface area contributed by atoms with Crippen molar-refractivity contribution in [1.82, 2.24) is 10.2 Å². The Hall–Kier alpha value is -2.08. The molecule has 0 aromatic heterocycles. The molecule has 1 atom stereocenters. The molecule has 3 N–H and O–H groups in total. The molecule has 6 heteroatoms. The first kappa shape index (κ1) is 16.3. The number of hydrogen-bond donors (Lipinski definition) is 2. The van der Waals surface area contributed by atoms with Gasteiger partial charge in [-0.05, 0) is 50.0 Å². The molecule has 0 saturated carbocycles. The Morgan fingerprint density at radius 3 is 2.73 bits per heavy atom. The number of hydrogen-bond acceptors (Lipinski definition) is 4. The zero-order chi connectivity index (χ0) is 15.9. The molecule has 0 bridgehead atoms. The van der Waals surface area contributed by atoms with Crippen molar-refractivity contribution in [2.45, 2.75) is 31.7 Å². The van der Waals surface area contributed by atoms with Crippen molar-refractivity contribution in [3.63, 3.8) is 0 Å². The van der Waals surface area contributed by atoms with Crippen LogP contribution in [0.3, 0.4) is 0 Å². The van der Waals surface area contributed by atoms with Gasteiger partial charge in [0.05, 0.1) is 7.11 Å². The largest absolute Gasteiger partial charge is 0.497 e. The molecular weight excluding hydrogens is 282 g/mol. The van der Waals surface area contributed by atoms with E-state index in [0.29, 0.717) is 18.9 Å². The van der Waals surface area contributed by atoms with Crippen LogP contribution in [0.15, 0.2) is 24.3 Å². The first-order chi connectivity index (χ1) is 10.6. The van der Waals surface area contributed by atoms with Gasteiger partial charge < -0.3 is 10.5 Å². The molecule has 1 saturated heterocycles. The minimum Gasteiger partial charge on any atom is -0.497 e. The second kappa shape index (κ2) is 7.79. The number of urea groups is 1. The summed E-state index contributed by atoms with van der Waals surface area (Å²) in [6.07, 6.45) is 3.31. The molecule has 1 aromatic rings. The van der Waals surface area contributed by atoms with Gasteiger partial charge in [-0.15, -0.1) is 0 Å². The van der Waals surface area contributed by atoms with Crippen LogP contribution < -0.4 is 15.8 Å². The first-order valence-corrected chi connectivity index (χ1v) is 7.57. The maximum Gasteiger partial charge on any atom is 0.318 e. The number of nitrogens with zero attached hydrogens (tertiary/aromatic N) is 1. The molecule has 3 amide bonds. The number of methoxy groups -OCH3 is 1. The predicted octanol–water partition coefficient (Wildman–Crippen LogP) is 1.81. The van der Waals surface area contributed by atoms with Crippen molar-refractivity contribution < 1.29 is 14.3 Å². The van der Waals surface area contributed by atoms with Gasteiger partial charge in [0.2, 0.25) is 5.91 Å². The molecular formula is C16H23N3O3. The quantitative estimate of drug-likeness (QED) is 0.839. The van der Waals surface area contributed by atoms with Gasteiger partial charge in [-0.2, -0.15) is 0 Å². The maximum absolute atomic E-state index is 11.4. The van der Waals surface area contributed by atoms with Crippen molar-refractivity contribution in [2.75, 3.05) is 20.2 Å². The van der Waals surface area contributed by atoms with E-state index < -0.39 is 6.03 Å². The van der Waals surface area contributed by atoms with Crippen LogP contribution in [-0.4, -0.2) is 37.0 Å². The lowest BCUT2D eigenvalue weighted by molar-refractivity contribution is -0.120. The highest BCUT2D eigenvalue weighted by molar-refractivity contribution is 5.93. The zero-order valence-corrected chi connectivity index (χ0v) is 12.9. The number of primary amides is 1. The van der Waals surface area contributed by atoms with Crippen molar-refractivity contribution in [1.29, 1.82) is 0 Å². The van der Waals surface area contributed by atoms with Crippen LogP contribution in [0.25, 0.3) is 0 Å². The van der Waals surface area contributed by atoms with Crippen LogP contribution in [0.4, 0.5) is 4.79 Å². The average molecular weight is 305 g/mol. The van der Waals surface area contributed by atoms with E-state index in [9.17, 15) is 9.59 Å². The molecule has 1 aliphatic heterocycles. The molecule has 22 heavy (non-hydrogen) atoms. The van der Waals surface area contributed by atoms with Gasteiger partial charge >= 0.3 is 6.03 Å². The van der Waals surface area contributed by atoms with E-state index in [2.05, 4.69) is 22.3 Å². The lowest BCUT2D eigenvalue weighted by Gasteiger charge is -2.24. The lowest BCUT2D eigenvalue weighted by atomic mass is 10.0. The van der Waals surface area contributed by atoms with E-state index >= 15 is 0 Å². The number of nitrogens with one attached hydrogen (secondary N) is 1. The van der Waals surface area contributed by atoms with Gasteiger partial charge in [0, 0.05) is 12.5 Å². The second-order valence-corrected chi connectivity index (χ2v) is 5.48. The average Bonchev–Trinajstić information content (AvgIpc) is 2.95. The fraction of sp³-hybridized carbons (Fsp3) is 0.500. The summed E-state index contributed by atoms with van der Waals surface area (Å²) >= 11 is 0. The van der Waals surface area contributed by atoms with Crippen LogP contribution in [-0.2, 0) is 4.79 Å². The van der Waals surface area contributed by atoms with Gasteiger partial charge in [-0.3, -0.25) is 15.0 Å². The van der Waals surface area contributed by atoms with Crippen molar-refractivity contribution in [3.8, 4) is 5.75 Å². The van der Waals surface area contributed by atoms with Gasteiger partial charge in [0.15, 0.2) is 0 Å². The molecule has 0 spiro atoms. The SMILES string of the molecule is COc1ccc([C@H]2CCCN2CCCC(=O)NC(N)=O)cc1. The molecule has 0 radical (unpaired) electrons. The van der Waals surface area contributed by atoms with Crippen LogP contribution in [0.2, 0.25) is 0 Å². The van der Waals surface area contributed by atoms with E-state index in [4.69, 9.17) is 10.5 Å². The van der Waals surface area contributed by atoms with Gasteiger partial charge in [0.1, 0.15) is 5.75 Å². The second-order valence-electron chi connectivity index (χ2n) is 5.48. The minimum absolute atomic E-state index is 0.312. The minimum atomic E-state index is -0.790. The summed E-state index contributed by atoms with van der Waals surface area (Å²) < 4.78 is 5.19. The van der Waals surface area contributed by atoms with Crippen molar-refractivity contribution in [3.05, 3.63) is 29.8 Å². The monoisotopic (exact) mass is 305 g/mol. The molecule has 0 aliphatic carbocycles. The Morgan fingerprint density at radius 2 is 2.09 bits per heavy atom. The molecule has 1 fully saturated rings. The summed E-state index contributed by atoms with van der Waals surface area (Å²) in [6, 6.07) is 7.76. The molecule has 6 nitrogen and oxygen atoms in total. The molecule has 2 rings (SSSR count). The van der Waals surface area contributed by atoms with Crippen LogP contribution >= 0.6 is 0 Å². The summed E-state index contributed by atoms with van der Waals surface area (Å²) in [5, 5.41) is 2.09. The molecule has 1 aliphatic rings. The Balaban J connectivity index is 1.85. The predicted molar refractivity (Wildman–Crippen MR) is 83.5 cm³/mol. The number of imide groups is 1. The standard InChI is InChI=1S/C16H23N3O3/c1-22-13-8-6-12(7-9-13)14-4-2-10-19(14)11-3-5-15(20)18-16(17)21/h6-9,14H,2-5,10-11H2,1H3,(H3,17,18,20,21)/t14-/m1/s1. The van der Waals surface area contributed by atoms with Gasteiger partial charge in [-0.25, -0.2) is 4.79 Å².